The first kappa shape index (κ1) is 9.97. The Hall–Kier alpha value is -2.57. The first-order chi connectivity index (χ1) is 7.70. The quantitative estimate of drug-likeness (QED) is 0.708. The molecule has 0 bridgehead atoms. The second-order valence-electron chi connectivity index (χ2n) is 2.92. The van der Waals surface area contributed by atoms with Crippen molar-refractivity contribution in [3.63, 3.8) is 0 Å². The van der Waals surface area contributed by atoms with Gasteiger partial charge in [-0.15, -0.1) is 10.2 Å². The number of aromatic amines is 1. The normalized spacial score (nSPS) is 10.0. The Morgan fingerprint density at radius 2 is 1.88 bits per heavy atom. The third-order valence-corrected chi connectivity index (χ3v) is 1.95. The van der Waals surface area contributed by atoms with Crippen molar-refractivity contribution in [3.8, 4) is 0 Å². The molecule has 0 aliphatic carbocycles. The van der Waals surface area contributed by atoms with E-state index in [1.54, 1.807) is 6.07 Å². The van der Waals surface area contributed by atoms with Gasteiger partial charge in [0.2, 0.25) is 11.6 Å². The number of ketones is 1. The molecule has 0 spiro atoms. The molecule has 2 rings (SSSR count). The van der Waals surface area contributed by atoms with Crippen molar-refractivity contribution >= 4 is 11.8 Å². The highest BCUT2D eigenvalue weighted by Gasteiger charge is 2.20. The summed E-state index contributed by atoms with van der Waals surface area (Å²) in [6.07, 6.45) is 0. The number of benzene rings is 1. The van der Waals surface area contributed by atoms with Gasteiger partial charge in [-0.3, -0.25) is 4.79 Å². The summed E-state index contributed by atoms with van der Waals surface area (Å²) in [5.41, 5.74) is -0.0475. The van der Waals surface area contributed by atoms with Crippen molar-refractivity contribution in [1.82, 2.24) is 20.6 Å². The number of tetrazole rings is 1. The molecule has 80 valence electrons. The summed E-state index contributed by atoms with van der Waals surface area (Å²) >= 11 is 0. The van der Waals surface area contributed by atoms with Crippen molar-refractivity contribution in [3.05, 3.63) is 41.2 Å². The van der Waals surface area contributed by atoms with Crippen LogP contribution >= 0.6 is 0 Å². The number of hydrogen-bond donors (Lipinski definition) is 2. The lowest BCUT2D eigenvalue weighted by Crippen LogP contribution is -2.10. The fraction of sp³-hybridized carbons (Fsp3) is 0. The van der Waals surface area contributed by atoms with Gasteiger partial charge in [0.05, 0.1) is 5.56 Å². The van der Waals surface area contributed by atoms with Crippen LogP contribution in [-0.4, -0.2) is 37.5 Å². The van der Waals surface area contributed by atoms with Gasteiger partial charge in [-0.05, 0) is 11.3 Å². The van der Waals surface area contributed by atoms with Gasteiger partial charge in [0.25, 0.3) is 0 Å². The van der Waals surface area contributed by atoms with E-state index in [0.29, 0.717) is 0 Å². The maximum atomic E-state index is 11.8. The van der Waals surface area contributed by atoms with Crippen molar-refractivity contribution in [2.45, 2.75) is 0 Å². The van der Waals surface area contributed by atoms with Gasteiger partial charge >= 0.3 is 5.97 Å². The Balaban J connectivity index is 2.49. The number of carbonyl (C=O) groups is 2. The van der Waals surface area contributed by atoms with Gasteiger partial charge < -0.3 is 5.11 Å². The summed E-state index contributed by atoms with van der Waals surface area (Å²) in [7, 11) is 0. The topological polar surface area (TPSA) is 109 Å². The number of nitrogens with zero attached hydrogens (tertiary/aromatic N) is 3. The van der Waals surface area contributed by atoms with Gasteiger partial charge in [0.1, 0.15) is 0 Å². The molecule has 0 unspecified atom stereocenters. The van der Waals surface area contributed by atoms with Gasteiger partial charge in [-0.1, -0.05) is 18.2 Å². The molecule has 0 amide bonds. The number of H-pyrrole nitrogens is 1. The van der Waals surface area contributed by atoms with Gasteiger partial charge in [0.15, 0.2) is 0 Å². The van der Waals surface area contributed by atoms with Crippen LogP contribution in [0.2, 0.25) is 0 Å². The van der Waals surface area contributed by atoms with Crippen LogP contribution in [0, 0.1) is 0 Å². The number of aromatic carboxylic acids is 1. The highest BCUT2D eigenvalue weighted by molar-refractivity contribution is 6.12. The third-order valence-electron chi connectivity index (χ3n) is 1.95. The molecule has 1 heterocycles. The summed E-state index contributed by atoms with van der Waals surface area (Å²) in [5, 5.41) is 21.3. The van der Waals surface area contributed by atoms with Crippen molar-refractivity contribution in [1.29, 1.82) is 0 Å². The minimum absolute atomic E-state index is 0.0383. The van der Waals surface area contributed by atoms with Gasteiger partial charge in [0, 0.05) is 5.56 Å². The first-order valence-electron chi connectivity index (χ1n) is 4.30. The number of hydrogen-bond acceptors (Lipinski definition) is 5. The minimum Gasteiger partial charge on any atom is -0.478 e. The van der Waals surface area contributed by atoms with E-state index in [1.807, 2.05) is 0 Å². The Bertz CT molecular complexity index is 535. The minimum atomic E-state index is -1.17. The molecule has 0 saturated carbocycles. The molecule has 0 fully saturated rings. The third kappa shape index (κ3) is 1.65. The van der Waals surface area contributed by atoms with Crippen LogP contribution in [0.5, 0.6) is 0 Å². The highest BCUT2D eigenvalue weighted by atomic mass is 16.4. The fourth-order valence-electron chi connectivity index (χ4n) is 1.25. The van der Waals surface area contributed by atoms with E-state index >= 15 is 0 Å². The number of rotatable bonds is 3. The van der Waals surface area contributed by atoms with Gasteiger partial charge in [-0.2, -0.15) is 5.21 Å². The summed E-state index contributed by atoms with van der Waals surface area (Å²) in [6, 6.07) is 5.86. The molecule has 2 aromatic rings. The second kappa shape index (κ2) is 3.89. The first-order valence-corrected chi connectivity index (χ1v) is 4.30. The molecule has 7 nitrogen and oxygen atoms in total. The lowest BCUT2D eigenvalue weighted by atomic mass is 10.0. The SMILES string of the molecule is O=C(O)c1ccccc1C(=O)c1nn[nH]n1. The van der Waals surface area contributed by atoms with Crippen molar-refractivity contribution in [2.75, 3.05) is 0 Å². The Kier molecular flexibility index (Phi) is 2.42. The van der Waals surface area contributed by atoms with Crippen molar-refractivity contribution in [2.24, 2.45) is 0 Å². The molecule has 16 heavy (non-hydrogen) atoms. The van der Waals surface area contributed by atoms with E-state index in [4.69, 9.17) is 5.11 Å². The molecule has 0 saturated heterocycles. The zero-order valence-corrected chi connectivity index (χ0v) is 7.91. The zero-order valence-electron chi connectivity index (χ0n) is 7.91. The molecule has 0 aliphatic rings. The molecule has 0 atom stereocenters. The smallest absolute Gasteiger partial charge is 0.336 e. The van der Waals surface area contributed by atoms with Crippen LogP contribution in [-0.2, 0) is 0 Å². The number of aromatic nitrogens is 4. The summed E-state index contributed by atoms with van der Waals surface area (Å²) in [5.74, 6) is -1.91. The number of carbonyl (C=O) groups excluding carboxylic acids is 1. The van der Waals surface area contributed by atoms with Gasteiger partial charge in [-0.25, -0.2) is 4.79 Å². The number of carboxylic acids is 1. The predicted octanol–water partition coefficient (Wildman–Crippen LogP) is 0.129. The summed E-state index contributed by atoms with van der Waals surface area (Å²) in [6.45, 7) is 0. The van der Waals surface area contributed by atoms with Crippen LogP contribution in [0.15, 0.2) is 24.3 Å². The molecule has 1 aromatic carbocycles. The van der Waals surface area contributed by atoms with Crippen LogP contribution in [0.25, 0.3) is 0 Å². The van der Waals surface area contributed by atoms with E-state index in [-0.39, 0.29) is 17.0 Å². The molecule has 0 radical (unpaired) electrons. The van der Waals surface area contributed by atoms with Crippen LogP contribution in [0.3, 0.4) is 0 Å². The maximum absolute atomic E-state index is 11.8. The summed E-state index contributed by atoms with van der Waals surface area (Å²) in [4.78, 5) is 22.7. The summed E-state index contributed by atoms with van der Waals surface area (Å²) < 4.78 is 0. The maximum Gasteiger partial charge on any atom is 0.336 e. The Morgan fingerprint density at radius 1 is 1.19 bits per heavy atom. The molecular formula is C9H6N4O3. The van der Waals surface area contributed by atoms with E-state index < -0.39 is 11.8 Å². The van der Waals surface area contributed by atoms with E-state index in [9.17, 15) is 9.59 Å². The monoisotopic (exact) mass is 218 g/mol. The fourth-order valence-corrected chi connectivity index (χ4v) is 1.25. The van der Waals surface area contributed by atoms with Crippen LogP contribution < -0.4 is 0 Å². The molecule has 1 aromatic heterocycles. The largest absolute Gasteiger partial charge is 0.478 e. The Labute approximate surface area is 89.1 Å². The molecule has 0 aliphatic heterocycles. The number of carboxylic acid groups (broad SMARTS) is 1. The predicted molar refractivity (Wildman–Crippen MR) is 51.0 cm³/mol. The van der Waals surface area contributed by atoms with E-state index in [1.165, 1.54) is 18.2 Å². The average molecular weight is 218 g/mol. The van der Waals surface area contributed by atoms with E-state index in [0.717, 1.165) is 0 Å². The molecular weight excluding hydrogens is 212 g/mol. The lowest BCUT2D eigenvalue weighted by molar-refractivity contribution is 0.0692. The molecule has 7 heteroatoms. The standard InChI is InChI=1S/C9H6N4O3/c14-7(8-10-12-13-11-8)5-3-1-2-4-6(5)9(15)16/h1-4H,(H,15,16)(H,10,11,12,13). The van der Waals surface area contributed by atoms with Crippen LogP contribution in [0.1, 0.15) is 26.5 Å². The molecule has 2 N–H and O–H groups in total. The average Bonchev–Trinajstić information content (AvgIpc) is 2.81. The van der Waals surface area contributed by atoms with Crippen molar-refractivity contribution < 1.29 is 14.7 Å². The highest BCUT2D eigenvalue weighted by Crippen LogP contribution is 2.11. The Morgan fingerprint density at radius 3 is 2.44 bits per heavy atom. The number of nitrogens with one attached hydrogen (secondary N) is 1. The zero-order chi connectivity index (χ0) is 11.5. The lowest BCUT2D eigenvalue weighted by Gasteiger charge is -2.00. The van der Waals surface area contributed by atoms with E-state index in [2.05, 4.69) is 20.6 Å². The van der Waals surface area contributed by atoms with Crippen LogP contribution in [0.4, 0.5) is 0 Å². The second-order valence-corrected chi connectivity index (χ2v) is 2.92.